The van der Waals surface area contributed by atoms with E-state index in [1.165, 1.54) is 15.6 Å². The number of hydrogen-bond acceptors (Lipinski definition) is 3. The molecule has 1 aromatic heterocycles. The van der Waals surface area contributed by atoms with Gasteiger partial charge in [0, 0.05) is 13.6 Å². The average molecular weight is 324 g/mol. The van der Waals surface area contributed by atoms with Crippen LogP contribution >= 0.6 is 27.3 Å². The predicted molar refractivity (Wildman–Crippen MR) is 69.3 cm³/mol. The zero-order valence-electron chi connectivity index (χ0n) is 9.23. The third kappa shape index (κ3) is 2.50. The molecule has 6 heteroatoms. The highest BCUT2D eigenvalue weighted by atomic mass is 79.9. The van der Waals surface area contributed by atoms with E-state index in [0.717, 1.165) is 22.2 Å². The molecule has 16 heavy (non-hydrogen) atoms. The van der Waals surface area contributed by atoms with Crippen molar-refractivity contribution in [2.45, 2.75) is 24.0 Å². The molecule has 1 aliphatic carbocycles. The quantitative estimate of drug-likeness (QED) is 0.854. The van der Waals surface area contributed by atoms with Crippen LogP contribution in [0.25, 0.3) is 0 Å². The maximum atomic E-state index is 12.2. The molecule has 0 unspecified atom stereocenters. The SMILES string of the molecule is Cc1cc(S(=O)(=O)N(C)CC2CC2)sc1Br. The van der Waals surface area contributed by atoms with Crippen molar-refractivity contribution < 1.29 is 8.42 Å². The van der Waals surface area contributed by atoms with E-state index in [1.807, 2.05) is 6.92 Å². The van der Waals surface area contributed by atoms with Crippen molar-refractivity contribution in [1.82, 2.24) is 4.31 Å². The molecule has 0 aliphatic heterocycles. The summed E-state index contributed by atoms with van der Waals surface area (Å²) < 4.78 is 27.2. The summed E-state index contributed by atoms with van der Waals surface area (Å²) in [6, 6.07) is 1.73. The van der Waals surface area contributed by atoms with Crippen LogP contribution in [0.1, 0.15) is 18.4 Å². The lowest BCUT2D eigenvalue weighted by atomic mass is 10.4. The minimum atomic E-state index is -3.27. The summed E-state index contributed by atoms with van der Waals surface area (Å²) in [4.78, 5) is 0. The van der Waals surface area contributed by atoms with Crippen LogP contribution in [0.5, 0.6) is 0 Å². The van der Waals surface area contributed by atoms with Crippen molar-refractivity contribution in [1.29, 1.82) is 0 Å². The van der Waals surface area contributed by atoms with Gasteiger partial charge in [-0.1, -0.05) is 0 Å². The number of rotatable bonds is 4. The summed E-state index contributed by atoms with van der Waals surface area (Å²) in [6.45, 7) is 2.55. The lowest BCUT2D eigenvalue weighted by molar-refractivity contribution is 0.454. The zero-order valence-corrected chi connectivity index (χ0v) is 12.5. The standard InChI is InChI=1S/C10H14BrNO2S2/c1-7-5-9(15-10(7)11)16(13,14)12(2)6-8-3-4-8/h5,8H,3-4,6H2,1-2H3. The Hall–Kier alpha value is 0.0900. The summed E-state index contributed by atoms with van der Waals surface area (Å²) in [5.74, 6) is 0.573. The molecule has 1 fully saturated rings. The maximum absolute atomic E-state index is 12.2. The van der Waals surface area contributed by atoms with Crippen molar-refractivity contribution in [2.24, 2.45) is 5.92 Å². The Balaban J connectivity index is 2.22. The first kappa shape index (κ1) is 12.5. The van der Waals surface area contributed by atoms with Crippen LogP contribution < -0.4 is 0 Å². The fourth-order valence-corrected chi connectivity index (χ4v) is 5.16. The number of aryl methyl sites for hydroxylation is 1. The molecule has 0 bridgehead atoms. The fraction of sp³-hybridized carbons (Fsp3) is 0.600. The van der Waals surface area contributed by atoms with Crippen LogP contribution in [0.2, 0.25) is 0 Å². The second kappa shape index (κ2) is 4.40. The zero-order chi connectivity index (χ0) is 11.9. The van der Waals surface area contributed by atoms with Crippen molar-refractivity contribution in [3.63, 3.8) is 0 Å². The second-order valence-electron chi connectivity index (χ2n) is 4.25. The van der Waals surface area contributed by atoms with Gasteiger partial charge in [0.05, 0.1) is 3.79 Å². The van der Waals surface area contributed by atoms with E-state index in [-0.39, 0.29) is 0 Å². The van der Waals surface area contributed by atoms with Gasteiger partial charge in [0.1, 0.15) is 4.21 Å². The molecule has 1 aliphatic rings. The molecule has 90 valence electrons. The summed E-state index contributed by atoms with van der Waals surface area (Å²) in [5.41, 5.74) is 0.975. The number of sulfonamides is 1. The normalized spacial score (nSPS) is 17.0. The van der Waals surface area contributed by atoms with Gasteiger partial charge in [-0.2, -0.15) is 4.31 Å². The Morgan fingerprint density at radius 1 is 1.56 bits per heavy atom. The van der Waals surface area contributed by atoms with Gasteiger partial charge < -0.3 is 0 Å². The van der Waals surface area contributed by atoms with E-state index in [4.69, 9.17) is 0 Å². The van der Waals surface area contributed by atoms with Gasteiger partial charge in [-0.25, -0.2) is 8.42 Å². The molecular weight excluding hydrogens is 310 g/mol. The molecule has 3 nitrogen and oxygen atoms in total. The van der Waals surface area contributed by atoms with Gasteiger partial charge in [-0.15, -0.1) is 11.3 Å². The molecule has 0 saturated heterocycles. The van der Waals surface area contributed by atoms with Crippen molar-refractivity contribution in [3.05, 3.63) is 15.4 Å². The third-order valence-corrected chi connectivity index (χ3v) is 7.12. The maximum Gasteiger partial charge on any atom is 0.252 e. The molecule has 1 saturated carbocycles. The Morgan fingerprint density at radius 2 is 2.19 bits per heavy atom. The van der Waals surface area contributed by atoms with E-state index >= 15 is 0 Å². The topological polar surface area (TPSA) is 37.4 Å². The fourth-order valence-electron chi connectivity index (χ4n) is 1.47. The van der Waals surface area contributed by atoms with Crippen molar-refractivity contribution >= 4 is 37.3 Å². The number of nitrogens with zero attached hydrogens (tertiary/aromatic N) is 1. The van der Waals surface area contributed by atoms with Crippen LogP contribution in [-0.4, -0.2) is 26.3 Å². The molecule has 0 spiro atoms. The lowest BCUT2D eigenvalue weighted by Crippen LogP contribution is -2.28. The largest absolute Gasteiger partial charge is 0.252 e. The predicted octanol–water partition coefficient (Wildman–Crippen LogP) is 2.85. The van der Waals surface area contributed by atoms with Gasteiger partial charge in [0.25, 0.3) is 10.0 Å². The summed E-state index contributed by atoms with van der Waals surface area (Å²) in [7, 11) is -1.61. The molecular formula is C10H14BrNO2S2. The number of thiophene rings is 1. The van der Waals surface area contributed by atoms with Gasteiger partial charge in [0.2, 0.25) is 0 Å². The van der Waals surface area contributed by atoms with Gasteiger partial charge in [-0.05, 0) is 53.2 Å². The van der Waals surface area contributed by atoms with E-state index < -0.39 is 10.0 Å². The van der Waals surface area contributed by atoms with Gasteiger partial charge >= 0.3 is 0 Å². The summed E-state index contributed by atoms with van der Waals surface area (Å²) >= 11 is 4.64. The Morgan fingerprint density at radius 3 is 2.62 bits per heavy atom. The first-order valence-electron chi connectivity index (χ1n) is 5.13. The van der Waals surface area contributed by atoms with Crippen molar-refractivity contribution in [2.75, 3.05) is 13.6 Å². The molecule has 0 amide bonds. The first-order valence-corrected chi connectivity index (χ1v) is 8.18. The Labute approximate surface area is 109 Å². The van der Waals surface area contributed by atoms with E-state index in [1.54, 1.807) is 13.1 Å². The van der Waals surface area contributed by atoms with Gasteiger partial charge in [0.15, 0.2) is 0 Å². The number of hydrogen-bond donors (Lipinski definition) is 0. The van der Waals surface area contributed by atoms with Crippen LogP contribution in [0.3, 0.4) is 0 Å². The minimum absolute atomic E-state index is 0.431. The molecule has 0 aromatic carbocycles. The summed E-state index contributed by atoms with van der Waals surface area (Å²) in [5, 5.41) is 0. The van der Waals surface area contributed by atoms with Crippen LogP contribution in [0.15, 0.2) is 14.1 Å². The first-order chi connectivity index (χ1) is 7.41. The monoisotopic (exact) mass is 323 g/mol. The van der Waals surface area contributed by atoms with Crippen LogP contribution in [0.4, 0.5) is 0 Å². The Bertz CT molecular complexity index is 471. The number of halogens is 1. The van der Waals surface area contributed by atoms with Crippen molar-refractivity contribution in [3.8, 4) is 0 Å². The van der Waals surface area contributed by atoms with E-state index in [0.29, 0.717) is 16.7 Å². The van der Waals surface area contributed by atoms with Crippen LogP contribution in [-0.2, 0) is 10.0 Å². The molecule has 1 aromatic rings. The average Bonchev–Trinajstić information content (AvgIpc) is 2.94. The second-order valence-corrected chi connectivity index (χ2v) is 8.89. The smallest absolute Gasteiger partial charge is 0.206 e. The lowest BCUT2D eigenvalue weighted by Gasteiger charge is -2.15. The molecule has 0 N–H and O–H groups in total. The molecule has 0 radical (unpaired) electrons. The van der Waals surface area contributed by atoms with Gasteiger partial charge in [-0.3, -0.25) is 0 Å². The van der Waals surface area contributed by atoms with Crippen LogP contribution in [0, 0.1) is 12.8 Å². The molecule has 0 atom stereocenters. The molecule has 2 rings (SSSR count). The minimum Gasteiger partial charge on any atom is -0.206 e. The Kier molecular flexibility index (Phi) is 3.45. The highest BCUT2D eigenvalue weighted by Crippen LogP contribution is 2.34. The highest BCUT2D eigenvalue weighted by molar-refractivity contribution is 9.11. The molecule has 1 heterocycles. The highest BCUT2D eigenvalue weighted by Gasteiger charge is 2.30. The van der Waals surface area contributed by atoms with E-state index in [9.17, 15) is 8.42 Å². The van der Waals surface area contributed by atoms with E-state index in [2.05, 4.69) is 15.9 Å². The third-order valence-electron chi connectivity index (χ3n) is 2.71. The summed E-state index contributed by atoms with van der Waals surface area (Å²) in [6.07, 6.45) is 2.32.